The molecule has 1 fully saturated rings. The molecule has 1 heterocycles. The molecule has 2 unspecified atom stereocenters. The Morgan fingerprint density at radius 2 is 2.33 bits per heavy atom. The lowest BCUT2D eigenvalue weighted by Gasteiger charge is -2.25. The first-order chi connectivity index (χ1) is 8.65. The van der Waals surface area contributed by atoms with Gasteiger partial charge in [-0.05, 0) is 44.2 Å². The number of hydrogen-bond donors (Lipinski definition) is 1. The molecule has 2 atom stereocenters. The molecule has 1 N–H and O–H groups in total. The van der Waals surface area contributed by atoms with Crippen molar-refractivity contribution in [3.63, 3.8) is 0 Å². The lowest BCUT2D eigenvalue weighted by Crippen LogP contribution is -2.32. The van der Waals surface area contributed by atoms with Crippen LogP contribution in [0, 0.1) is 12.8 Å². The monoisotopic (exact) mass is 266 g/mol. The van der Waals surface area contributed by atoms with Crippen molar-refractivity contribution in [1.29, 1.82) is 0 Å². The van der Waals surface area contributed by atoms with Gasteiger partial charge >= 0.3 is 0 Å². The van der Waals surface area contributed by atoms with Crippen LogP contribution < -0.4 is 5.32 Å². The van der Waals surface area contributed by atoms with Gasteiger partial charge in [-0.3, -0.25) is 4.79 Å². The van der Waals surface area contributed by atoms with Gasteiger partial charge in [0.1, 0.15) is 5.69 Å². The van der Waals surface area contributed by atoms with Gasteiger partial charge in [0.25, 0.3) is 5.91 Å². The Hall–Kier alpha value is -1.09. The fraction of sp³-hybridized carbons (Fsp3) is 0.571. The first kappa shape index (κ1) is 13.3. The molecule has 1 aliphatic rings. The zero-order valence-electron chi connectivity index (χ0n) is 10.7. The third-order valence-electron chi connectivity index (χ3n) is 3.39. The summed E-state index contributed by atoms with van der Waals surface area (Å²) >= 11 is 6.14. The molecule has 1 aromatic heterocycles. The van der Waals surface area contributed by atoms with E-state index in [4.69, 9.17) is 11.6 Å². The van der Waals surface area contributed by atoms with Gasteiger partial charge in [-0.15, -0.1) is 11.6 Å². The first-order valence-electron chi connectivity index (χ1n) is 6.51. The molecule has 0 radical (unpaired) electrons. The normalized spacial score (nSPS) is 23.7. The second kappa shape index (κ2) is 6.19. The zero-order valence-corrected chi connectivity index (χ0v) is 11.4. The van der Waals surface area contributed by atoms with E-state index in [1.165, 1.54) is 0 Å². The van der Waals surface area contributed by atoms with Gasteiger partial charge in [-0.25, -0.2) is 4.98 Å². The summed E-state index contributed by atoms with van der Waals surface area (Å²) in [5.74, 6) is 0.422. The fourth-order valence-electron chi connectivity index (χ4n) is 2.41. The van der Waals surface area contributed by atoms with Crippen LogP contribution >= 0.6 is 11.6 Å². The first-order valence-corrected chi connectivity index (χ1v) is 6.94. The predicted molar refractivity (Wildman–Crippen MR) is 72.9 cm³/mol. The van der Waals surface area contributed by atoms with Crippen molar-refractivity contribution in [2.75, 3.05) is 6.54 Å². The van der Waals surface area contributed by atoms with E-state index < -0.39 is 0 Å². The van der Waals surface area contributed by atoms with E-state index in [2.05, 4.69) is 10.3 Å². The average molecular weight is 267 g/mol. The summed E-state index contributed by atoms with van der Waals surface area (Å²) in [6.07, 6.45) is 4.43. The summed E-state index contributed by atoms with van der Waals surface area (Å²) in [5, 5.41) is 3.23. The van der Waals surface area contributed by atoms with Gasteiger partial charge in [-0.2, -0.15) is 0 Å². The van der Waals surface area contributed by atoms with Crippen LogP contribution in [0.5, 0.6) is 0 Å². The third kappa shape index (κ3) is 3.70. The molecule has 0 aromatic carbocycles. The van der Waals surface area contributed by atoms with E-state index >= 15 is 0 Å². The second-order valence-corrected chi connectivity index (χ2v) is 5.62. The van der Waals surface area contributed by atoms with E-state index in [1.54, 1.807) is 6.07 Å². The Balaban J connectivity index is 1.84. The van der Waals surface area contributed by atoms with Crippen molar-refractivity contribution in [3.8, 4) is 0 Å². The molecule has 0 saturated heterocycles. The van der Waals surface area contributed by atoms with Crippen LogP contribution in [0.25, 0.3) is 0 Å². The average Bonchev–Trinajstić information content (AvgIpc) is 2.36. The number of carbonyl (C=O) groups is 1. The summed E-state index contributed by atoms with van der Waals surface area (Å²) in [5.41, 5.74) is 1.36. The van der Waals surface area contributed by atoms with Crippen LogP contribution in [-0.2, 0) is 0 Å². The Kier molecular flexibility index (Phi) is 4.59. The Morgan fingerprint density at radius 1 is 1.50 bits per heavy atom. The molecule has 0 spiro atoms. The number of carbonyl (C=O) groups excluding carboxylic acids is 1. The molecule has 1 aromatic rings. The number of nitrogens with one attached hydrogen (secondary N) is 1. The standard InChI is InChI=1S/C14H19ClN2O/c1-10-4-2-7-13(17-10)14(18)16-9-11-5-3-6-12(15)8-11/h2,4,7,11-12H,3,5-6,8-9H2,1H3,(H,16,18). The number of halogens is 1. The maximum absolute atomic E-state index is 11.9. The molecule has 3 nitrogen and oxygen atoms in total. The number of alkyl halides is 1. The van der Waals surface area contributed by atoms with E-state index in [0.29, 0.717) is 18.2 Å². The SMILES string of the molecule is Cc1cccc(C(=O)NCC2CCCC(Cl)C2)n1. The van der Waals surface area contributed by atoms with Crippen LogP contribution in [0.15, 0.2) is 18.2 Å². The number of aromatic nitrogens is 1. The van der Waals surface area contributed by atoms with Crippen molar-refractivity contribution in [1.82, 2.24) is 10.3 Å². The highest BCUT2D eigenvalue weighted by Gasteiger charge is 2.20. The zero-order chi connectivity index (χ0) is 13.0. The fourth-order valence-corrected chi connectivity index (χ4v) is 2.81. The van der Waals surface area contributed by atoms with Crippen molar-refractivity contribution in [2.24, 2.45) is 5.92 Å². The molecular formula is C14H19ClN2O. The molecule has 98 valence electrons. The van der Waals surface area contributed by atoms with Gasteiger partial charge in [0.15, 0.2) is 0 Å². The summed E-state index contributed by atoms with van der Waals surface area (Å²) in [6.45, 7) is 2.59. The number of pyridine rings is 1. The summed E-state index contributed by atoms with van der Waals surface area (Å²) in [7, 11) is 0. The second-order valence-electron chi connectivity index (χ2n) is 5.00. The van der Waals surface area contributed by atoms with Gasteiger partial charge in [-0.1, -0.05) is 12.5 Å². The molecular weight excluding hydrogens is 248 g/mol. The van der Waals surface area contributed by atoms with Crippen molar-refractivity contribution >= 4 is 17.5 Å². The minimum absolute atomic E-state index is 0.0876. The summed E-state index contributed by atoms with van der Waals surface area (Å²) in [6, 6.07) is 5.48. The largest absolute Gasteiger partial charge is 0.350 e. The summed E-state index contributed by atoms with van der Waals surface area (Å²) in [4.78, 5) is 16.1. The molecule has 4 heteroatoms. The molecule has 1 aliphatic carbocycles. The number of rotatable bonds is 3. The number of hydrogen-bond acceptors (Lipinski definition) is 2. The van der Waals surface area contributed by atoms with Gasteiger partial charge in [0.2, 0.25) is 0 Å². The van der Waals surface area contributed by atoms with E-state index in [-0.39, 0.29) is 11.3 Å². The Bertz CT molecular complexity index is 422. The molecule has 18 heavy (non-hydrogen) atoms. The number of amides is 1. The van der Waals surface area contributed by atoms with Crippen LogP contribution in [0.2, 0.25) is 0 Å². The minimum Gasteiger partial charge on any atom is -0.350 e. The van der Waals surface area contributed by atoms with E-state index in [9.17, 15) is 4.79 Å². The molecule has 0 bridgehead atoms. The number of nitrogens with zero attached hydrogens (tertiary/aromatic N) is 1. The highest BCUT2D eigenvalue weighted by atomic mass is 35.5. The van der Waals surface area contributed by atoms with Crippen molar-refractivity contribution < 1.29 is 4.79 Å². The van der Waals surface area contributed by atoms with Crippen LogP contribution in [0.1, 0.15) is 41.9 Å². The third-order valence-corrected chi connectivity index (χ3v) is 3.79. The van der Waals surface area contributed by atoms with Crippen molar-refractivity contribution in [3.05, 3.63) is 29.6 Å². The minimum atomic E-state index is -0.0876. The van der Waals surface area contributed by atoms with Crippen molar-refractivity contribution in [2.45, 2.75) is 38.0 Å². The highest BCUT2D eigenvalue weighted by Crippen LogP contribution is 2.27. The maximum atomic E-state index is 11.9. The lowest BCUT2D eigenvalue weighted by molar-refractivity contribution is 0.0938. The van der Waals surface area contributed by atoms with Crippen LogP contribution in [0.4, 0.5) is 0 Å². The maximum Gasteiger partial charge on any atom is 0.269 e. The van der Waals surface area contributed by atoms with E-state index in [0.717, 1.165) is 31.4 Å². The smallest absolute Gasteiger partial charge is 0.269 e. The molecule has 2 rings (SSSR count). The van der Waals surface area contributed by atoms with E-state index in [1.807, 2.05) is 19.1 Å². The lowest BCUT2D eigenvalue weighted by atomic mass is 9.89. The highest BCUT2D eigenvalue weighted by molar-refractivity contribution is 6.20. The van der Waals surface area contributed by atoms with Gasteiger partial charge < -0.3 is 5.32 Å². The molecule has 0 aliphatic heterocycles. The summed E-state index contributed by atoms with van der Waals surface area (Å²) < 4.78 is 0. The molecule has 1 saturated carbocycles. The Morgan fingerprint density at radius 3 is 3.06 bits per heavy atom. The molecule has 1 amide bonds. The van der Waals surface area contributed by atoms with Crippen LogP contribution in [0.3, 0.4) is 0 Å². The van der Waals surface area contributed by atoms with Gasteiger partial charge in [0, 0.05) is 17.6 Å². The predicted octanol–water partition coefficient (Wildman–Crippen LogP) is 2.92. The Labute approximate surface area is 113 Å². The van der Waals surface area contributed by atoms with Crippen LogP contribution in [-0.4, -0.2) is 22.8 Å². The quantitative estimate of drug-likeness (QED) is 0.855. The topological polar surface area (TPSA) is 42.0 Å². The number of aryl methyl sites for hydroxylation is 1. The van der Waals surface area contributed by atoms with Gasteiger partial charge in [0.05, 0.1) is 0 Å².